The Balaban J connectivity index is 1.61. The van der Waals surface area contributed by atoms with E-state index in [1.165, 1.54) is 4.31 Å². The molecule has 7 heteroatoms. The zero-order valence-corrected chi connectivity index (χ0v) is 19.9. The molecule has 30 heavy (non-hydrogen) atoms. The largest absolute Gasteiger partial charge is 0.325 e. The molecule has 2 aromatic carbocycles. The molecule has 162 valence electrons. The van der Waals surface area contributed by atoms with Gasteiger partial charge in [-0.15, -0.1) is 0 Å². The van der Waals surface area contributed by atoms with E-state index in [4.69, 9.17) is 0 Å². The maximum Gasteiger partial charge on any atom is 0.227 e. The van der Waals surface area contributed by atoms with E-state index in [2.05, 4.69) is 35.1 Å². The number of para-hydroxylation sites is 1. The predicted octanol–water partition coefficient (Wildman–Crippen LogP) is 4.75. The molecular weight excluding hydrogens is 464 g/mol. The van der Waals surface area contributed by atoms with Gasteiger partial charge in [-0.3, -0.25) is 4.79 Å². The molecule has 0 atom stereocenters. The van der Waals surface area contributed by atoms with Crippen LogP contribution in [0.3, 0.4) is 0 Å². The summed E-state index contributed by atoms with van der Waals surface area (Å²) in [7, 11) is -3.39. The van der Waals surface area contributed by atoms with Crippen molar-refractivity contribution in [2.24, 2.45) is 5.92 Å². The number of nitrogens with zero attached hydrogens (tertiary/aromatic N) is 1. The highest BCUT2D eigenvalue weighted by atomic mass is 79.9. The predicted molar refractivity (Wildman–Crippen MR) is 125 cm³/mol. The van der Waals surface area contributed by atoms with Crippen molar-refractivity contribution >= 4 is 37.5 Å². The quantitative estimate of drug-likeness (QED) is 0.605. The van der Waals surface area contributed by atoms with Crippen molar-refractivity contribution in [3.63, 3.8) is 0 Å². The number of halogens is 1. The highest BCUT2D eigenvalue weighted by molar-refractivity contribution is 9.10. The SMILES string of the molecule is CCc1cccc(CC)c1NC(=O)C1CCN(S(=O)(=O)Cc2ccc(Br)cc2)CC1. The molecule has 0 unspecified atom stereocenters. The Morgan fingerprint density at radius 1 is 1.03 bits per heavy atom. The van der Waals surface area contributed by atoms with Crippen molar-refractivity contribution in [3.05, 3.63) is 63.6 Å². The number of nitrogens with one attached hydrogen (secondary N) is 1. The average Bonchev–Trinajstić information content (AvgIpc) is 2.75. The molecule has 0 radical (unpaired) electrons. The van der Waals surface area contributed by atoms with Gasteiger partial charge in [0.1, 0.15) is 0 Å². The highest BCUT2D eigenvalue weighted by Crippen LogP contribution is 2.27. The van der Waals surface area contributed by atoms with Crippen LogP contribution >= 0.6 is 15.9 Å². The minimum Gasteiger partial charge on any atom is -0.325 e. The first-order chi connectivity index (χ1) is 14.3. The molecule has 5 nitrogen and oxygen atoms in total. The normalized spacial score (nSPS) is 15.8. The standard InChI is InChI=1S/C23H29BrN2O3S/c1-3-18-6-5-7-19(4-2)22(18)25-23(27)20-12-14-26(15-13-20)30(28,29)16-17-8-10-21(24)11-9-17/h5-11,20H,3-4,12-16H2,1-2H3,(H,25,27). The van der Waals surface area contributed by atoms with Crippen molar-refractivity contribution in [2.45, 2.75) is 45.3 Å². The molecule has 1 saturated heterocycles. The van der Waals surface area contributed by atoms with Crippen LogP contribution in [0.4, 0.5) is 5.69 Å². The van der Waals surface area contributed by atoms with Crippen molar-refractivity contribution < 1.29 is 13.2 Å². The fourth-order valence-electron chi connectivity index (χ4n) is 3.91. The molecule has 1 N–H and O–H groups in total. The van der Waals surface area contributed by atoms with Crippen LogP contribution in [-0.2, 0) is 33.4 Å². The number of carbonyl (C=O) groups is 1. The number of hydrogen-bond donors (Lipinski definition) is 1. The Labute approximate surface area is 188 Å². The summed E-state index contributed by atoms with van der Waals surface area (Å²) in [5.74, 6) is -0.185. The topological polar surface area (TPSA) is 66.5 Å². The van der Waals surface area contributed by atoms with E-state index >= 15 is 0 Å². The van der Waals surface area contributed by atoms with Crippen LogP contribution in [0.5, 0.6) is 0 Å². The Bertz CT molecular complexity index is 960. The summed E-state index contributed by atoms with van der Waals surface area (Å²) in [6.07, 6.45) is 2.80. The van der Waals surface area contributed by atoms with Gasteiger partial charge >= 0.3 is 0 Å². The van der Waals surface area contributed by atoms with Gasteiger partial charge in [-0.25, -0.2) is 12.7 Å². The smallest absolute Gasteiger partial charge is 0.227 e. The summed E-state index contributed by atoms with van der Waals surface area (Å²) in [5, 5.41) is 3.14. The lowest BCUT2D eigenvalue weighted by Crippen LogP contribution is -2.42. The summed E-state index contributed by atoms with van der Waals surface area (Å²) in [6, 6.07) is 13.5. The van der Waals surface area contributed by atoms with Crippen LogP contribution in [0.1, 0.15) is 43.4 Å². The molecular formula is C23H29BrN2O3S. The number of piperidine rings is 1. The lowest BCUT2D eigenvalue weighted by Gasteiger charge is -2.31. The molecule has 1 heterocycles. The van der Waals surface area contributed by atoms with Gasteiger partial charge in [0.25, 0.3) is 0 Å². The van der Waals surface area contributed by atoms with Gasteiger partial charge in [0.15, 0.2) is 0 Å². The van der Waals surface area contributed by atoms with E-state index in [-0.39, 0.29) is 17.6 Å². The summed E-state index contributed by atoms with van der Waals surface area (Å²) < 4.78 is 28.0. The third kappa shape index (κ3) is 5.50. The van der Waals surface area contributed by atoms with E-state index in [0.29, 0.717) is 25.9 Å². The minimum atomic E-state index is -3.39. The molecule has 0 bridgehead atoms. The van der Waals surface area contributed by atoms with E-state index in [1.807, 2.05) is 42.5 Å². The van der Waals surface area contributed by atoms with E-state index in [1.54, 1.807) is 0 Å². The molecule has 1 aliphatic rings. The van der Waals surface area contributed by atoms with Crippen LogP contribution in [0.15, 0.2) is 46.9 Å². The second-order valence-electron chi connectivity index (χ2n) is 7.70. The van der Waals surface area contributed by atoms with E-state index in [9.17, 15) is 13.2 Å². The minimum absolute atomic E-state index is 0.00411. The summed E-state index contributed by atoms with van der Waals surface area (Å²) >= 11 is 3.37. The lowest BCUT2D eigenvalue weighted by atomic mass is 9.96. The van der Waals surface area contributed by atoms with Gasteiger partial charge in [0, 0.05) is 29.2 Å². The fraction of sp³-hybridized carbons (Fsp3) is 0.435. The lowest BCUT2D eigenvalue weighted by molar-refractivity contribution is -0.120. The first-order valence-corrected chi connectivity index (χ1v) is 12.9. The van der Waals surface area contributed by atoms with E-state index < -0.39 is 10.0 Å². The number of anilines is 1. The van der Waals surface area contributed by atoms with Crippen LogP contribution in [-0.4, -0.2) is 31.7 Å². The maximum atomic E-state index is 12.9. The molecule has 0 saturated carbocycles. The van der Waals surface area contributed by atoms with Crippen molar-refractivity contribution in [1.29, 1.82) is 0 Å². The Hall–Kier alpha value is -1.70. The highest BCUT2D eigenvalue weighted by Gasteiger charge is 2.31. The van der Waals surface area contributed by atoms with Crippen LogP contribution in [0, 0.1) is 5.92 Å². The molecule has 1 fully saturated rings. The zero-order valence-electron chi connectivity index (χ0n) is 17.5. The monoisotopic (exact) mass is 492 g/mol. The van der Waals surface area contributed by atoms with Crippen LogP contribution in [0.25, 0.3) is 0 Å². The number of carbonyl (C=O) groups excluding carboxylic acids is 1. The van der Waals surface area contributed by atoms with Crippen molar-refractivity contribution in [3.8, 4) is 0 Å². The number of rotatable bonds is 7. The summed E-state index contributed by atoms with van der Waals surface area (Å²) in [5.41, 5.74) is 3.97. The fourth-order valence-corrected chi connectivity index (χ4v) is 5.73. The van der Waals surface area contributed by atoms with Gasteiger partial charge in [0.2, 0.25) is 15.9 Å². The third-order valence-corrected chi connectivity index (χ3v) is 8.11. The van der Waals surface area contributed by atoms with Crippen LogP contribution in [0.2, 0.25) is 0 Å². The number of benzene rings is 2. The number of hydrogen-bond acceptors (Lipinski definition) is 3. The third-order valence-electron chi connectivity index (χ3n) is 5.73. The summed E-state index contributed by atoms with van der Waals surface area (Å²) in [6.45, 7) is 4.93. The Kier molecular flexibility index (Phi) is 7.71. The Morgan fingerprint density at radius 2 is 1.60 bits per heavy atom. The molecule has 0 aromatic heterocycles. The van der Waals surface area contributed by atoms with Gasteiger partial charge in [-0.05, 0) is 54.5 Å². The zero-order chi connectivity index (χ0) is 21.7. The second kappa shape index (κ2) is 10.1. The van der Waals surface area contributed by atoms with Crippen molar-refractivity contribution in [1.82, 2.24) is 4.31 Å². The number of aryl methyl sites for hydroxylation is 2. The molecule has 0 spiro atoms. The van der Waals surface area contributed by atoms with Gasteiger partial charge in [-0.1, -0.05) is 60.1 Å². The molecule has 2 aromatic rings. The van der Waals surface area contributed by atoms with Gasteiger partial charge < -0.3 is 5.32 Å². The maximum absolute atomic E-state index is 12.9. The first-order valence-electron chi connectivity index (χ1n) is 10.5. The van der Waals surface area contributed by atoms with Gasteiger partial charge in [0.05, 0.1) is 5.75 Å². The van der Waals surface area contributed by atoms with Crippen molar-refractivity contribution in [2.75, 3.05) is 18.4 Å². The number of sulfonamides is 1. The molecule has 1 amide bonds. The average molecular weight is 493 g/mol. The van der Waals surface area contributed by atoms with Gasteiger partial charge in [-0.2, -0.15) is 0 Å². The first kappa shape index (κ1) is 23.0. The molecule has 3 rings (SSSR count). The van der Waals surface area contributed by atoms with E-state index in [0.717, 1.165) is 39.7 Å². The molecule has 1 aliphatic heterocycles. The Morgan fingerprint density at radius 3 is 2.13 bits per heavy atom. The second-order valence-corrected chi connectivity index (χ2v) is 10.6. The summed E-state index contributed by atoms with van der Waals surface area (Å²) in [4.78, 5) is 12.9. The van der Waals surface area contributed by atoms with Crippen LogP contribution < -0.4 is 5.32 Å². The number of amides is 1. The molecule has 0 aliphatic carbocycles.